The number of hydrogen-bond acceptors (Lipinski definition) is 2. The van der Waals surface area contributed by atoms with Gasteiger partial charge in [0.2, 0.25) is 0 Å². The molecule has 0 aliphatic heterocycles. The van der Waals surface area contributed by atoms with E-state index >= 15 is 0 Å². The summed E-state index contributed by atoms with van der Waals surface area (Å²) in [4.78, 5) is 14.7. The van der Waals surface area contributed by atoms with Gasteiger partial charge in [-0.2, -0.15) is 0 Å². The fourth-order valence-corrected chi connectivity index (χ4v) is 3.70. The standard InChI is InChI=1S/C16H14ClNOS/c1-10-7-13(11(2)20-10)16(19)9-18-8-14(17)12-5-3-4-6-15(12)18/h3-8H,9H2,1-2H3. The van der Waals surface area contributed by atoms with Gasteiger partial charge in [-0.05, 0) is 26.0 Å². The summed E-state index contributed by atoms with van der Waals surface area (Å²) in [5, 5.41) is 1.67. The molecule has 3 aromatic rings. The number of carbonyl (C=O) groups is 1. The molecule has 0 bridgehead atoms. The molecule has 3 rings (SSSR count). The number of fused-ring (bicyclic) bond motifs is 1. The number of aryl methyl sites for hydroxylation is 2. The van der Waals surface area contributed by atoms with Crippen molar-refractivity contribution in [3.8, 4) is 0 Å². The van der Waals surface area contributed by atoms with E-state index in [1.165, 1.54) is 4.88 Å². The van der Waals surface area contributed by atoms with Gasteiger partial charge in [-0.1, -0.05) is 29.8 Å². The normalized spacial score (nSPS) is 11.2. The largest absolute Gasteiger partial charge is 0.338 e. The van der Waals surface area contributed by atoms with Gasteiger partial charge in [-0.15, -0.1) is 11.3 Å². The summed E-state index contributed by atoms with van der Waals surface area (Å²) in [6.07, 6.45) is 1.83. The molecule has 0 unspecified atom stereocenters. The Labute approximate surface area is 126 Å². The second-order valence-electron chi connectivity index (χ2n) is 4.87. The van der Waals surface area contributed by atoms with Crippen LogP contribution in [0, 0.1) is 13.8 Å². The monoisotopic (exact) mass is 303 g/mol. The summed E-state index contributed by atoms with van der Waals surface area (Å²) in [6, 6.07) is 9.83. The molecular formula is C16H14ClNOS. The molecule has 0 amide bonds. The van der Waals surface area contributed by atoms with Crippen molar-refractivity contribution in [1.82, 2.24) is 4.57 Å². The van der Waals surface area contributed by atoms with Crippen molar-refractivity contribution in [3.05, 3.63) is 56.9 Å². The number of carbonyl (C=O) groups excluding carboxylic acids is 1. The van der Waals surface area contributed by atoms with Crippen LogP contribution in [0.15, 0.2) is 36.5 Å². The Balaban J connectivity index is 1.97. The Morgan fingerprint density at radius 3 is 2.75 bits per heavy atom. The molecule has 0 fully saturated rings. The summed E-state index contributed by atoms with van der Waals surface area (Å²) < 4.78 is 1.92. The summed E-state index contributed by atoms with van der Waals surface area (Å²) in [7, 11) is 0. The van der Waals surface area contributed by atoms with E-state index in [4.69, 9.17) is 11.6 Å². The highest BCUT2D eigenvalue weighted by Crippen LogP contribution is 2.27. The van der Waals surface area contributed by atoms with Gasteiger partial charge in [0.15, 0.2) is 5.78 Å². The third-order valence-corrected chi connectivity index (χ3v) is 4.66. The van der Waals surface area contributed by atoms with E-state index in [0.29, 0.717) is 11.6 Å². The molecule has 0 atom stereocenters. The highest BCUT2D eigenvalue weighted by Gasteiger charge is 2.14. The molecule has 0 aliphatic rings. The zero-order chi connectivity index (χ0) is 14.3. The van der Waals surface area contributed by atoms with Gasteiger partial charge in [-0.3, -0.25) is 4.79 Å². The van der Waals surface area contributed by atoms with E-state index in [9.17, 15) is 4.79 Å². The van der Waals surface area contributed by atoms with Crippen LogP contribution in [-0.4, -0.2) is 10.4 Å². The minimum atomic E-state index is 0.129. The Morgan fingerprint density at radius 2 is 2.05 bits per heavy atom. The molecule has 20 heavy (non-hydrogen) atoms. The first-order chi connectivity index (χ1) is 9.56. The fourth-order valence-electron chi connectivity index (χ4n) is 2.48. The molecule has 0 N–H and O–H groups in total. The number of ketones is 1. The van der Waals surface area contributed by atoms with Crippen LogP contribution in [0.25, 0.3) is 10.9 Å². The Hall–Kier alpha value is -1.58. The van der Waals surface area contributed by atoms with Gasteiger partial charge in [-0.25, -0.2) is 0 Å². The van der Waals surface area contributed by atoms with E-state index in [0.717, 1.165) is 21.3 Å². The van der Waals surface area contributed by atoms with Crippen LogP contribution in [0.2, 0.25) is 5.02 Å². The van der Waals surface area contributed by atoms with Gasteiger partial charge >= 0.3 is 0 Å². The van der Waals surface area contributed by atoms with Gasteiger partial charge in [0.25, 0.3) is 0 Å². The average Bonchev–Trinajstić information content (AvgIpc) is 2.91. The molecule has 0 spiro atoms. The van der Waals surface area contributed by atoms with E-state index in [2.05, 4.69) is 0 Å². The number of rotatable bonds is 3. The lowest BCUT2D eigenvalue weighted by atomic mass is 10.1. The highest BCUT2D eigenvalue weighted by atomic mass is 35.5. The molecule has 102 valence electrons. The number of aromatic nitrogens is 1. The maximum Gasteiger partial charge on any atom is 0.183 e. The molecule has 0 aliphatic carbocycles. The van der Waals surface area contributed by atoms with Crippen LogP contribution < -0.4 is 0 Å². The van der Waals surface area contributed by atoms with Crippen LogP contribution in [-0.2, 0) is 6.54 Å². The maximum atomic E-state index is 12.4. The molecule has 0 saturated heterocycles. The lowest BCUT2D eigenvalue weighted by molar-refractivity contribution is 0.0973. The topological polar surface area (TPSA) is 22.0 Å². The minimum absolute atomic E-state index is 0.129. The number of halogens is 1. The fraction of sp³-hybridized carbons (Fsp3) is 0.188. The summed E-state index contributed by atoms with van der Waals surface area (Å²) in [5.41, 5.74) is 1.82. The quantitative estimate of drug-likeness (QED) is 0.634. The maximum absolute atomic E-state index is 12.4. The predicted octanol–water partition coefficient (Wildman–Crippen LogP) is 4.86. The number of nitrogens with zero attached hydrogens (tertiary/aromatic N) is 1. The Kier molecular flexibility index (Phi) is 3.40. The molecule has 2 aromatic heterocycles. The van der Waals surface area contributed by atoms with Crippen molar-refractivity contribution in [2.24, 2.45) is 0 Å². The van der Waals surface area contributed by atoms with E-state index in [1.807, 2.05) is 54.9 Å². The van der Waals surface area contributed by atoms with Crippen LogP contribution in [0.4, 0.5) is 0 Å². The van der Waals surface area contributed by atoms with Gasteiger partial charge in [0.05, 0.1) is 11.6 Å². The lowest BCUT2D eigenvalue weighted by Gasteiger charge is -2.04. The SMILES string of the molecule is Cc1cc(C(=O)Cn2cc(Cl)c3ccccc32)c(C)s1. The van der Waals surface area contributed by atoms with Crippen LogP contribution in [0.5, 0.6) is 0 Å². The van der Waals surface area contributed by atoms with Gasteiger partial charge < -0.3 is 4.57 Å². The van der Waals surface area contributed by atoms with Gasteiger partial charge in [0, 0.05) is 32.4 Å². The van der Waals surface area contributed by atoms with E-state index in [1.54, 1.807) is 11.3 Å². The first kappa shape index (κ1) is 13.4. The van der Waals surface area contributed by atoms with Crippen molar-refractivity contribution >= 4 is 39.6 Å². The van der Waals surface area contributed by atoms with Crippen molar-refractivity contribution in [1.29, 1.82) is 0 Å². The van der Waals surface area contributed by atoms with Crippen LogP contribution in [0.1, 0.15) is 20.1 Å². The Bertz CT molecular complexity index is 800. The van der Waals surface area contributed by atoms with Crippen LogP contribution >= 0.6 is 22.9 Å². The molecule has 0 saturated carbocycles. The second-order valence-corrected chi connectivity index (χ2v) is 6.74. The first-order valence-corrected chi connectivity index (χ1v) is 7.59. The molecule has 1 aromatic carbocycles. The molecule has 4 heteroatoms. The zero-order valence-electron chi connectivity index (χ0n) is 11.3. The van der Waals surface area contributed by atoms with Crippen molar-refractivity contribution in [3.63, 3.8) is 0 Å². The van der Waals surface area contributed by atoms with Crippen LogP contribution in [0.3, 0.4) is 0 Å². The molecule has 2 nitrogen and oxygen atoms in total. The van der Waals surface area contributed by atoms with Gasteiger partial charge in [0.1, 0.15) is 0 Å². The zero-order valence-corrected chi connectivity index (χ0v) is 12.9. The molecule has 2 heterocycles. The number of benzene rings is 1. The van der Waals surface area contributed by atoms with E-state index in [-0.39, 0.29) is 5.78 Å². The number of para-hydroxylation sites is 1. The Morgan fingerprint density at radius 1 is 1.30 bits per heavy atom. The predicted molar refractivity (Wildman–Crippen MR) is 85.1 cm³/mol. The van der Waals surface area contributed by atoms with Crippen molar-refractivity contribution in [2.45, 2.75) is 20.4 Å². The number of Topliss-reactive ketones (excluding diaryl/α,β-unsaturated/α-hetero) is 1. The minimum Gasteiger partial charge on any atom is -0.338 e. The van der Waals surface area contributed by atoms with E-state index < -0.39 is 0 Å². The second kappa shape index (κ2) is 5.08. The third-order valence-electron chi connectivity index (χ3n) is 3.40. The molecular weight excluding hydrogens is 290 g/mol. The summed E-state index contributed by atoms with van der Waals surface area (Å²) >= 11 is 7.87. The summed E-state index contributed by atoms with van der Waals surface area (Å²) in [5.74, 6) is 0.129. The smallest absolute Gasteiger partial charge is 0.183 e. The highest BCUT2D eigenvalue weighted by molar-refractivity contribution is 7.12. The number of thiophene rings is 1. The number of hydrogen-bond donors (Lipinski definition) is 0. The summed E-state index contributed by atoms with van der Waals surface area (Å²) in [6.45, 7) is 4.34. The third kappa shape index (κ3) is 2.28. The molecule has 0 radical (unpaired) electrons. The average molecular weight is 304 g/mol. The van der Waals surface area contributed by atoms with Crippen molar-refractivity contribution in [2.75, 3.05) is 0 Å². The van der Waals surface area contributed by atoms with Crippen molar-refractivity contribution < 1.29 is 4.79 Å². The lowest BCUT2D eigenvalue weighted by Crippen LogP contribution is -2.09. The first-order valence-electron chi connectivity index (χ1n) is 6.40.